The van der Waals surface area contributed by atoms with Crippen LogP contribution in [0.2, 0.25) is 0 Å². The van der Waals surface area contributed by atoms with Crippen LogP contribution in [0.3, 0.4) is 0 Å². The molecule has 0 heteroatoms. The van der Waals surface area contributed by atoms with Crippen LogP contribution in [0.15, 0.2) is 0 Å². The highest BCUT2D eigenvalue weighted by atomic mass is 14.5. The van der Waals surface area contributed by atoms with E-state index in [4.69, 9.17) is 0 Å². The summed E-state index contributed by atoms with van der Waals surface area (Å²) in [6.45, 7) is 2.40. The molecule has 2 aliphatic carbocycles. The van der Waals surface area contributed by atoms with E-state index in [2.05, 4.69) is 6.92 Å². The summed E-state index contributed by atoms with van der Waals surface area (Å²) in [6.07, 6.45) is 7.72. The van der Waals surface area contributed by atoms with E-state index in [1.165, 1.54) is 6.42 Å². The Morgan fingerprint density at radius 2 is 2.00 bits per heavy atom. The van der Waals surface area contributed by atoms with Gasteiger partial charge in [-0.2, -0.15) is 0 Å². The van der Waals surface area contributed by atoms with Gasteiger partial charge < -0.3 is 0 Å². The van der Waals surface area contributed by atoms with Gasteiger partial charge in [0.05, 0.1) is 0 Å². The summed E-state index contributed by atoms with van der Waals surface area (Å²) in [5, 5.41) is 0. The summed E-state index contributed by atoms with van der Waals surface area (Å²) in [5.74, 6) is 1.05. The van der Waals surface area contributed by atoms with Crippen LogP contribution in [0, 0.1) is 11.3 Å². The van der Waals surface area contributed by atoms with Crippen molar-refractivity contribution in [2.75, 3.05) is 0 Å². The van der Waals surface area contributed by atoms with E-state index in [0.717, 1.165) is 11.3 Å². The first kappa shape index (κ1) is 4.84. The Labute approximate surface area is 51.3 Å². The monoisotopic (exact) mass is 110 g/mol. The highest BCUT2D eigenvalue weighted by molar-refractivity contribution is 4.98. The van der Waals surface area contributed by atoms with E-state index in [9.17, 15) is 0 Å². The number of rotatable bonds is 0. The molecule has 8 heavy (non-hydrogen) atoms. The largest absolute Gasteiger partial charge is 0.0625 e. The second-order valence-electron chi connectivity index (χ2n) is 3.85. The predicted molar refractivity (Wildman–Crippen MR) is 34.7 cm³/mol. The van der Waals surface area contributed by atoms with Crippen molar-refractivity contribution < 1.29 is 0 Å². The summed E-state index contributed by atoms with van der Waals surface area (Å²) in [7, 11) is 0. The fourth-order valence-electron chi connectivity index (χ4n) is 2.13. The first-order valence-corrected chi connectivity index (χ1v) is 3.81. The molecule has 0 aromatic rings. The molecule has 0 bridgehead atoms. The Morgan fingerprint density at radius 1 is 1.25 bits per heavy atom. The SMILES string of the molecule is C[C@H]1CCC2(CC2)C1. The second-order valence-corrected chi connectivity index (χ2v) is 3.85. The van der Waals surface area contributed by atoms with Crippen LogP contribution < -0.4 is 0 Å². The van der Waals surface area contributed by atoms with Crippen molar-refractivity contribution in [3.63, 3.8) is 0 Å². The van der Waals surface area contributed by atoms with Crippen molar-refractivity contribution in [3.8, 4) is 0 Å². The van der Waals surface area contributed by atoms with Crippen LogP contribution in [-0.4, -0.2) is 0 Å². The maximum Gasteiger partial charge on any atom is -0.0294 e. The van der Waals surface area contributed by atoms with E-state index in [1.54, 1.807) is 25.7 Å². The Morgan fingerprint density at radius 3 is 2.25 bits per heavy atom. The molecule has 1 atom stereocenters. The summed E-state index contributed by atoms with van der Waals surface area (Å²) < 4.78 is 0. The van der Waals surface area contributed by atoms with Gasteiger partial charge in [0, 0.05) is 0 Å². The summed E-state index contributed by atoms with van der Waals surface area (Å²) in [5.41, 5.74) is 0.916. The molecule has 0 aromatic carbocycles. The van der Waals surface area contributed by atoms with Gasteiger partial charge in [0.1, 0.15) is 0 Å². The lowest BCUT2D eigenvalue weighted by molar-refractivity contribution is 0.501. The minimum atomic E-state index is 0.916. The van der Waals surface area contributed by atoms with E-state index in [-0.39, 0.29) is 0 Å². The molecule has 46 valence electrons. The summed E-state index contributed by atoms with van der Waals surface area (Å²) in [4.78, 5) is 0. The van der Waals surface area contributed by atoms with E-state index < -0.39 is 0 Å². The van der Waals surface area contributed by atoms with E-state index >= 15 is 0 Å². The quantitative estimate of drug-likeness (QED) is 0.449. The van der Waals surface area contributed by atoms with Crippen molar-refractivity contribution in [1.29, 1.82) is 0 Å². The second kappa shape index (κ2) is 1.29. The Hall–Kier alpha value is 0. The maximum absolute atomic E-state index is 2.40. The Kier molecular flexibility index (Phi) is 0.778. The van der Waals surface area contributed by atoms with Crippen LogP contribution in [0.5, 0.6) is 0 Å². The van der Waals surface area contributed by atoms with Crippen molar-refractivity contribution in [2.24, 2.45) is 11.3 Å². The van der Waals surface area contributed by atoms with Crippen molar-refractivity contribution in [3.05, 3.63) is 0 Å². The van der Waals surface area contributed by atoms with E-state index in [0.29, 0.717) is 0 Å². The highest BCUT2D eigenvalue weighted by Gasteiger charge is 2.46. The van der Waals surface area contributed by atoms with Gasteiger partial charge in [0.25, 0.3) is 0 Å². The molecule has 0 N–H and O–H groups in total. The van der Waals surface area contributed by atoms with Crippen molar-refractivity contribution in [1.82, 2.24) is 0 Å². The molecule has 0 heterocycles. The van der Waals surface area contributed by atoms with Gasteiger partial charge in [-0.05, 0) is 37.0 Å². The number of hydrogen-bond acceptors (Lipinski definition) is 0. The fraction of sp³-hybridized carbons (Fsp3) is 1.00. The van der Waals surface area contributed by atoms with Crippen LogP contribution in [0.4, 0.5) is 0 Å². The summed E-state index contributed by atoms with van der Waals surface area (Å²) >= 11 is 0. The molecule has 0 unspecified atom stereocenters. The number of hydrogen-bond donors (Lipinski definition) is 0. The zero-order valence-electron chi connectivity index (χ0n) is 5.61. The first-order chi connectivity index (χ1) is 3.81. The predicted octanol–water partition coefficient (Wildman–Crippen LogP) is 2.59. The standard InChI is InChI=1S/C8H14/c1-7-2-3-8(6-7)4-5-8/h7H,2-6H2,1H3/t7-/m0/s1. The lowest BCUT2D eigenvalue weighted by Gasteiger charge is -2.00. The summed E-state index contributed by atoms with van der Waals surface area (Å²) in [6, 6.07) is 0. The minimum absolute atomic E-state index is 0.916. The third-order valence-corrected chi connectivity index (χ3v) is 2.91. The van der Waals surface area contributed by atoms with Crippen molar-refractivity contribution >= 4 is 0 Å². The lowest BCUT2D eigenvalue weighted by Crippen LogP contribution is -1.90. The third-order valence-electron chi connectivity index (χ3n) is 2.91. The average molecular weight is 110 g/mol. The average Bonchev–Trinajstić information content (AvgIpc) is 2.34. The third kappa shape index (κ3) is 0.586. The molecule has 0 amide bonds. The molecule has 0 radical (unpaired) electrons. The van der Waals surface area contributed by atoms with E-state index in [1.807, 2.05) is 0 Å². The Balaban J connectivity index is 2.03. The maximum atomic E-state index is 2.40. The van der Waals surface area contributed by atoms with Gasteiger partial charge in [-0.25, -0.2) is 0 Å². The van der Waals surface area contributed by atoms with Crippen molar-refractivity contribution in [2.45, 2.75) is 39.0 Å². The zero-order chi connectivity index (χ0) is 5.61. The van der Waals surface area contributed by atoms with Gasteiger partial charge >= 0.3 is 0 Å². The molecule has 2 aliphatic rings. The molecule has 0 nitrogen and oxygen atoms in total. The normalized spacial score (nSPS) is 40.9. The minimum Gasteiger partial charge on any atom is -0.0625 e. The zero-order valence-corrected chi connectivity index (χ0v) is 5.61. The molecule has 0 aliphatic heterocycles. The molecule has 1 spiro atoms. The van der Waals surface area contributed by atoms with Crippen LogP contribution in [0.25, 0.3) is 0 Å². The van der Waals surface area contributed by atoms with Gasteiger partial charge in [0.2, 0.25) is 0 Å². The molecular formula is C8H14. The molecule has 2 fully saturated rings. The molecule has 2 rings (SSSR count). The fourth-order valence-corrected chi connectivity index (χ4v) is 2.13. The molecule has 2 saturated carbocycles. The molecule has 0 aromatic heterocycles. The highest BCUT2D eigenvalue weighted by Crippen LogP contribution is 2.59. The molecule has 0 saturated heterocycles. The lowest BCUT2D eigenvalue weighted by atomic mass is 10.0. The van der Waals surface area contributed by atoms with Gasteiger partial charge in [-0.15, -0.1) is 0 Å². The van der Waals surface area contributed by atoms with Crippen LogP contribution in [0.1, 0.15) is 39.0 Å². The topological polar surface area (TPSA) is 0 Å². The van der Waals surface area contributed by atoms with Crippen LogP contribution >= 0.6 is 0 Å². The van der Waals surface area contributed by atoms with Gasteiger partial charge in [-0.1, -0.05) is 13.3 Å². The smallest absolute Gasteiger partial charge is 0.0294 e. The Bertz CT molecular complexity index is 101. The molecular weight excluding hydrogens is 96.1 g/mol. The van der Waals surface area contributed by atoms with Crippen LogP contribution in [-0.2, 0) is 0 Å². The van der Waals surface area contributed by atoms with Gasteiger partial charge in [0.15, 0.2) is 0 Å². The first-order valence-electron chi connectivity index (χ1n) is 3.81. The van der Waals surface area contributed by atoms with Gasteiger partial charge in [-0.3, -0.25) is 0 Å².